The molecule has 3 heterocycles. The van der Waals surface area contributed by atoms with Crippen LogP contribution in [0.3, 0.4) is 0 Å². The first-order chi connectivity index (χ1) is 17.4. The quantitative estimate of drug-likeness (QED) is 0.525. The van der Waals surface area contributed by atoms with Gasteiger partial charge in [-0.2, -0.15) is 0 Å². The molecule has 3 aliphatic rings. The van der Waals surface area contributed by atoms with E-state index in [2.05, 4.69) is 10.6 Å². The van der Waals surface area contributed by atoms with Crippen molar-refractivity contribution in [1.82, 2.24) is 10.2 Å². The van der Waals surface area contributed by atoms with E-state index in [0.717, 1.165) is 5.56 Å². The summed E-state index contributed by atoms with van der Waals surface area (Å²) in [6.07, 6.45) is 0.679. The zero-order chi connectivity index (χ0) is 25.4. The Balaban J connectivity index is 1.47. The van der Waals surface area contributed by atoms with Crippen LogP contribution in [0, 0.1) is 17.8 Å². The lowest BCUT2D eigenvalue weighted by Crippen LogP contribution is -2.58. The summed E-state index contributed by atoms with van der Waals surface area (Å²) in [6, 6.07) is 17.2. The van der Waals surface area contributed by atoms with E-state index < -0.39 is 35.6 Å². The summed E-state index contributed by atoms with van der Waals surface area (Å²) >= 11 is 0. The topological polar surface area (TPSA) is 108 Å². The van der Waals surface area contributed by atoms with Crippen LogP contribution in [-0.4, -0.2) is 58.1 Å². The Hall–Kier alpha value is -3.23. The highest BCUT2D eigenvalue weighted by Crippen LogP contribution is 2.59. The lowest BCUT2D eigenvalue weighted by atomic mass is 9.70. The Kier molecular flexibility index (Phi) is 6.57. The number of nitrogens with zero attached hydrogens (tertiary/aromatic N) is 1. The standard InChI is InChI=1S/C28H33N3O5/c1-17(2)20(16-32)31-24(26(34)29-15-18-9-5-3-6-10-18)28-14-13-21(36-28)22(23(28)27(31)35)25(33)30-19-11-7-4-8-12-19/h3-12,17,20-24,32H,13-16H2,1-2H3,(H,29,34)(H,30,33)/t20-,21-,22+,23-,24?,28?/m0/s1. The van der Waals surface area contributed by atoms with Crippen LogP contribution < -0.4 is 10.6 Å². The lowest BCUT2D eigenvalue weighted by Gasteiger charge is -2.38. The predicted octanol–water partition coefficient (Wildman–Crippen LogP) is 2.33. The second-order valence-electron chi connectivity index (χ2n) is 10.4. The van der Waals surface area contributed by atoms with Crippen molar-refractivity contribution in [3.8, 4) is 0 Å². The van der Waals surface area contributed by atoms with Gasteiger partial charge in [-0.3, -0.25) is 14.4 Å². The molecule has 3 saturated heterocycles. The minimum Gasteiger partial charge on any atom is -0.394 e. The Labute approximate surface area is 211 Å². The van der Waals surface area contributed by atoms with Gasteiger partial charge < -0.3 is 25.4 Å². The number of ether oxygens (including phenoxy) is 1. The van der Waals surface area contributed by atoms with Crippen LogP contribution in [0.2, 0.25) is 0 Å². The van der Waals surface area contributed by atoms with E-state index in [-0.39, 0.29) is 30.2 Å². The number of hydrogen-bond donors (Lipinski definition) is 3. The number of aliphatic hydroxyl groups excluding tert-OH is 1. The molecule has 2 unspecified atom stereocenters. The Morgan fingerprint density at radius 2 is 1.75 bits per heavy atom. The molecule has 36 heavy (non-hydrogen) atoms. The number of fused-ring (bicyclic) bond motifs is 1. The second-order valence-corrected chi connectivity index (χ2v) is 10.4. The number of hydrogen-bond acceptors (Lipinski definition) is 5. The van der Waals surface area contributed by atoms with Gasteiger partial charge in [0.05, 0.1) is 30.6 Å². The fourth-order valence-corrected chi connectivity index (χ4v) is 6.30. The van der Waals surface area contributed by atoms with Crippen molar-refractivity contribution in [2.75, 3.05) is 11.9 Å². The minimum atomic E-state index is -1.09. The van der Waals surface area contributed by atoms with Crippen molar-refractivity contribution in [3.63, 3.8) is 0 Å². The average molecular weight is 492 g/mol. The third-order valence-electron chi connectivity index (χ3n) is 7.95. The van der Waals surface area contributed by atoms with Crippen LogP contribution in [0.4, 0.5) is 5.69 Å². The van der Waals surface area contributed by atoms with Gasteiger partial charge in [-0.25, -0.2) is 0 Å². The number of benzene rings is 2. The SMILES string of the molecule is CC(C)[C@H](CO)N1C(=O)[C@@H]2[C@H](C(=O)Nc3ccccc3)[C@@H]3CCC2(O3)C1C(=O)NCc1ccccc1. The molecule has 1 spiro atoms. The molecule has 0 aliphatic carbocycles. The minimum absolute atomic E-state index is 0.0904. The first kappa shape index (κ1) is 24.5. The number of nitrogens with one attached hydrogen (secondary N) is 2. The van der Waals surface area contributed by atoms with Crippen molar-refractivity contribution in [1.29, 1.82) is 0 Å². The second kappa shape index (κ2) is 9.67. The predicted molar refractivity (Wildman–Crippen MR) is 134 cm³/mol. The number of carbonyl (C=O) groups excluding carboxylic acids is 3. The highest BCUT2D eigenvalue weighted by atomic mass is 16.5. The van der Waals surface area contributed by atoms with Crippen LogP contribution in [0.1, 0.15) is 32.3 Å². The van der Waals surface area contributed by atoms with Crippen molar-refractivity contribution in [2.45, 2.75) is 57.0 Å². The largest absolute Gasteiger partial charge is 0.394 e. The number of likely N-dealkylation sites (tertiary alicyclic amines) is 1. The molecular weight excluding hydrogens is 458 g/mol. The average Bonchev–Trinajstić information content (AvgIpc) is 3.52. The van der Waals surface area contributed by atoms with Crippen molar-refractivity contribution < 1.29 is 24.2 Å². The first-order valence-corrected chi connectivity index (χ1v) is 12.7. The summed E-state index contributed by atoms with van der Waals surface area (Å²) in [4.78, 5) is 42.7. The molecule has 2 aromatic rings. The molecule has 3 N–H and O–H groups in total. The Morgan fingerprint density at radius 1 is 1.08 bits per heavy atom. The van der Waals surface area contributed by atoms with Gasteiger partial charge in [0.25, 0.3) is 0 Å². The molecule has 0 aromatic heterocycles. The first-order valence-electron chi connectivity index (χ1n) is 12.7. The molecule has 0 radical (unpaired) electrons. The maximum Gasteiger partial charge on any atom is 0.246 e. The van der Waals surface area contributed by atoms with E-state index in [4.69, 9.17) is 4.74 Å². The van der Waals surface area contributed by atoms with Gasteiger partial charge in [-0.15, -0.1) is 0 Å². The van der Waals surface area contributed by atoms with Gasteiger partial charge in [0.2, 0.25) is 17.7 Å². The number of anilines is 1. The van der Waals surface area contributed by atoms with Crippen LogP contribution in [0.25, 0.3) is 0 Å². The molecule has 190 valence electrons. The molecule has 2 bridgehead atoms. The zero-order valence-electron chi connectivity index (χ0n) is 20.6. The van der Waals surface area contributed by atoms with Crippen molar-refractivity contribution in [3.05, 3.63) is 66.2 Å². The van der Waals surface area contributed by atoms with E-state index in [1.165, 1.54) is 4.90 Å². The summed E-state index contributed by atoms with van der Waals surface area (Å²) in [7, 11) is 0. The smallest absolute Gasteiger partial charge is 0.246 e. The molecule has 5 rings (SSSR count). The van der Waals surface area contributed by atoms with Crippen LogP contribution >= 0.6 is 0 Å². The number of para-hydroxylation sites is 1. The van der Waals surface area contributed by atoms with Gasteiger partial charge in [-0.05, 0) is 36.5 Å². The van der Waals surface area contributed by atoms with Gasteiger partial charge in [0, 0.05) is 12.2 Å². The summed E-state index contributed by atoms with van der Waals surface area (Å²) in [5.41, 5.74) is 0.494. The summed E-state index contributed by atoms with van der Waals surface area (Å²) < 4.78 is 6.45. The van der Waals surface area contributed by atoms with E-state index in [1.807, 2.05) is 62.4 Å². The Bertz CT molecular complexity index is 1120. The molecular formula is C28H33N3O5. The molecule has 3 amide bonds. The van der Waals surface area contributed by atoms with Gasteiger partial charge >= 0.3 is 0 Å². The molecule has 8 heteroatoms. The zero-order valence-corrected chi connectivity index (χ0v) is 20.6. The molecule has 2 aromatic carbocycles. The van der Waals surface area contributed by atoms with E-state index in [0.29, 0.717) is 25.1 Å². The van der Waals surface area contributed by atoms with Crippen molar-refractivity contribution in [2.24, 2.45) is 17.8 Å². The third kappa shape index (κ3) is 3.98. The normalized spacial score (nSPS) is 29.3. The molecule has 8 nitrogen and oxygen atoms in total. The number of amides is 3. The molecule has 6 atom stereocenters. The Morgan fingerprint density at radius 3 is 2.39 bits per heavy atom. The summed E-state index contributed by atoms with van der Waals surface area (Å²) in [5, 5.41) is 16.2. The monoisotopic (exact) mass is 491 g/mol. The summed E-state index contributed by atoms with van der Waals surface area (Å²) in [5.74, 6) is -2.46. The van der Waals surface area contributed by atoms with Gasteiger partial charge in [0.15, 0.2) is 0 Å². The van der Waals surface area contributed by atoms with Crippen LogP contribution in [-0.2, 0) is 25.7 Å². The van der Waals surface area contributed by atoms with Crippen molar-refractivity contribution >= 4 is 23.4 Å². The van der Waals surface area contributed by atoms with Crippen LogP contribution in [0.5, 0.6) is 0 Å². The van der Waals surface area contributed by atoms with E-state index in [1.54, 1.807) is 12.1 Å². The highest BCUT2D eigenvalue weighted by Gasteiger charge is 2.75. The lowest BCUT2D eigenvalue weighted by molar-refractivity contribution is -0.146. The molecule has 3 aliphatic heterocycles. The molecule has 3 fully saturated rings. The number of rotatable bonds is 8. The highest BCUT2D eigenvalue weighted by molar-refractivity contribution is 6.02. The fourth-order valence-electron chi connectivity index (χ4n) is 6.30. The fraction of sp³-hybridized carbons (Fsp3) is 0.464. The maximum absolute atomic E-state index is 14.0. The molecule has 0 saturated carbocycles. The third-order valence-corrected chi connectivity index (χ3v) is 7.95. The van der Waals surface area contributed by atoms with Gasteiger partial charge in [-0.1, -0.05) is 62.4 Å². The summed E-state index contributed by atoms with van der Waals surface area (Å²) in [6.45, 7) is 3.86. The van der Waals surface area contributed by atoms with Crippen LogP contribution in [0.15, 0.2) is 60.7 Å². The van der Waals surface area contributed by atoms with Gasteiger partial charge in [0.1, 0.15) is 11.6 Å². The maximum atomic E-state index is 14.0. The number of carbonyl (C=O) groups is 3. The number of aliphatic hydroxyl groups is 1. The van der Waals surface area contributed by atoms with E-state index in [9.17, 15) is 19.5 Å². The van der Waals surface area contributed by atoms with E-state index >= 15 is 0 Å².